The number of amidine groups is 1. The van der Waals surface area contributed by atoms with Gasteiger partial charge < -0.3 is 9.52 Å². The normalized spacial score (nSPS) is 17.7. The number of rotatable bonds is 3. The minimum atomic E-state index is -1.02. The quantitative estimate of drug-likeness (QED) is 0.462. The number of hydrogen-bond donors (Lipinski definition) is 1. The molecule has 1 aromatic heterocycles. The molecular formula is C16H10BrIN2O4S. The molecule has 3 rings (SSSR count). The molecule has 0 radical (unpaired) electrons. The van der Waals surface area contributed by atoms with E-state index in [4.69, 9.17) is 9.52 Å². The summed E-state index contributed by atoms with van der Waals surface area (Å²) in [4.78, 5) is 29.7. The fraction of sp³-hybridized carbons (Fsp3) is 0.0625. The van der Waals surface area contributed by atoms with Gasteiger partial charge in [-0.25, -0.2) is 9.79 Å². The molecule has 1 N–H and O–H groups in total. The number of carbonyl (C=O) groups is 2. The van der Waals surface area contributed by atoms with Crippen molar-refractivity contribution >= 4 is 79.1 Å². The predicted molar refractivity (Wildman–Crippen MR) is 108 cm³/mol. The van der Waals surface area contributed by atoms with Crippen molar-refractivity contribution in [3.63, 3.8) is 0 Å². The number of likely N-dealkylation sites (N-methyl/N-ethyl adjacent to an activating group) is 1. The van der Waals surface area contributed by atoms with E-state index in [1.54, 1.807) is 25.3 Å². The van der Waals surface area contributed by atoms with Gasteiger partial charge in [-0.15, -0.1) is 0 Å². The van der Waals surface area contributed by atoms with E-state index in [0.29, 0.717) is 26.2 Å². The fourth-order valence-electron chi connectivity index (χ4n) is 2.03. The third-order valence-electron chi connectivity index (χ3n) is 3.26. The van der Waals surface area contributed by atoms with Gasteiger partial charge in [0.05, 0.1) is 19.7 Å². The summed E-state index contributed by atoms with van der Waals surface area (Å²) in [6.07, 6.45) is 1.66. The standard InChI is InChI=1S/C16H10BrIN2O4S/c1-20-14(21)12(7-10-6-11(18)13(17)24-10)25-16(20)19-9-4-2-3-8(5-9)15(22)23/h2-7H,1H3,(H,22,23). The molecule has 1 aliphatic rings. The summed E-state index contributed by atoms with van der Waals surface area (Å²) in [6, 6.07) is 8.07. The summed E-state index contributed by atoms with van der Waals surface area (Å²) in [6.45, 7) is 0. The van der Waals surface area contributed by atoms with Crippen LogP contribution in [0.3, 0.4) is 0 Å². The number of hydrogen-bond acceptors (Lipinski definition) is 5. The number of halogens is 2. The van der Waals surface area contributed by atoms with E-state index in [1.165, 1.54) is 28.8 Å². The summed E-state index contributed by atoms with van der Waals surface area (Å²) < 4.78 is 7.02. The lowest BCUT2D eigenvalue weighted by atomic mass is 10.2. The van der Waals surface area contributed by atoms with Crippen LogP contribution in [0.4, 0.5) is 5.69 Å². The van der Waals surface area contributed by atoms with E-state index in [0.717, 1.165) is 3.57 Å². The van der Waals surface area contributed by atoms with E-state index in [2.05, 4.69) is 43.5 Å². The Morgan fingerprint density at radius 1 is 1.44 bits per heavy atom. The van der Waals surface area contributed by atoms with E-state index in [-0.39, 0.29) is 11.5 Å². The predicted octanol–water partition coefficient (Wildman–Crippen LogP) is 4.58. The SMILES string of the molecule is CN1C(=O)C(=Cc2cc(I)c(Br)o2)SC1=Nc1cccc(C(=O)O)c1. The zero-order valence-electron chi connectivity index (χ0n) is 12.7. The largest absolute Gasteiger partial charge is 0.478 e. The number of carbonyl (C=O) groups excluding carboxylic acids is 1. The fourth-order valence-corrected chi connectivity index (χ4v) is 3.72. The Balaban J connectivity index is 1.90. The second-order valence-corrected chi connectivity index (χ2v) is 7.89. The average molecular weight is 533 g/mol. The molecule has 25 heavy (non-hydrogen) atoms. The van der Waals surface area contributed by atoms with Gasteiger partial charge in [-0.2, -0.15) is 0 Å². The Morgan fingerprint density at radius 2 is 2.20 bits per heavy atom. The van der Waals surface area contributed by atoms with Crippen LogP contribution in [-0.2, 0) is 4.79 Å². The van der Waals surface area contributed by atoms with Gasteiger partial charge in [0.2, 0.25) is 0 Å². The first-order chi connectivity index (χ1) is 11.8. The molecule has 0 unspecified atom stereocenters. The lowest BCUT2D eigenvalue weighted by Gasteiger charge is -2.07. The van der Waals surface area contributed by atoms with E-state index < -0.39 is 5.97 Å². The topological polar surface area (TPSA) is 83.1 Å². The van der Waals surface area contributed by atoms with Crippen molar-refractivity contribution in [2.24, 2.45) is 4.99 Å². The zero-order chi connectivity index (χ0) is 18.1. The molecule has 1 aromatic carbocycles. The van der Waals surface area contributed by atoms with Crippen molar-refractivity contribution in [2.45, 2.75) is 0 Å². The Kier molecular flexibility index (Phi) is 5.35. The van der Waals surface area contributed by atoms with Crippen LogP contribution in [0.25, 0.3) is 6.08 Å². The monoisotopic (exact) mass is 532 g/mol. The summed E-state index contributed by atoms with van der Waals surface area (Å²) in [5.41, 5.74) is 0.614. The van der Waals surface area contributed by atoms with E-state index in [9.17, 15) is 9.59 Å². The molecule has 128 valence electrons. The molecule has 2 aromatic rings. The summed E-state index contributed by atoms with van der Waals surface area (Å²) in [7, 11) is 1.62. The number of amides is 1. The molecule has 1 saturated heterocycles. The van der Waals surface area contributed by atoms with Crippen molar-refractivity contribution < 1.29 is 19.1 Å². The Bertz CT molecular complexity index is 918. The summed E-state index contributed by atoms with van der Waals surface area (Å²) in [5, 5.41) is 9.52. The highest BCUT2D eigenvalue weighted by Gasteiger charge is 2.30. The van der Waals surface area contributed by atoms with Crippen LogP contribution in [0, 0.1) is 3.57 Å². The Hall–Kier alpha value is -1.59. The smallest absolute Gasteiger partial charge is 0.335 e. The Labute approximate surface area is 169 Å². The summed E-state index contributed by atoms with van der Waals surface area (Å²) >= 11 is 6.62. The van der Waals surface area contributed by atoms with Crippen LogP contribution in [-0.4, -0.2) is 34.1 Å². The maximum absolute atomic E-state index is 12.4. The lowest BCUT2D eigenvalue weighted by molar-refractivity contribution is -0.121. The molecule has 0 atom stereocenters. The van der Waals surface area contributed by atoms with Gasteiger partial charge in [0, 0.05) is 13.1 Å². The van der Waals surface area contributed by atoms with Crippen LogP contribution in [0.5, 0.6) is 0 Å². The average Bonchev–Trinajstić information content (AvgIpc) is 3.02. The molecule has 0 aliphatic carbocycles. The molecule has 2 heterocycles. The van der Waals surface area contributed by atoms with Gasteiger partial charge in [0.25, 0.3) is 5.91 Å². The van der Waals surface area contributed by atoms with Gasteiger partial charge in [-0.05, 0) is 74.5 Å². The van der Waals surface area contributed by atoms with Gasteiger partial charge in [0.15, 0.2) is 9.84 Å². The highest BCUT2D eigenvalue weighted by Crippen LogP contribution is 2.34. The van der Waals surface area contributed by atoms with Crippen LogP contribution in [0.1, 0.15) is 16.1 Å². The number of nitrogens with zero attached hydrogens (tertiary/aromatic N) is 2. The maximum Gasteiger partial charge on any atom is 0.335 e. The first kappa shape index (κ1) is 18.2. The number of carboxylic acid groups (broad SMARTS) is 1. The zero-order valence-corrected chi connectivity index (χ0v) is 17.3. The maximum atomic E-state index is 12.4. The summed E-state index contributed by atoms with van der Waals surface area (Å²) in [5.74, 6) is -0.653. The van der Waals surface area contributed by atoms with E-state index in [1.807, 2.05) is 6.07 Å². The number of aromatic carboxylic acids is 1. The van der Waals surface area contributed by atoms with Crippen LogP contribution in [0.2, 0.25) is 0 Å². The Morgan fingerprint density at radius 3 is 2.84 bits per heavy atom. The van der Waals surface area contributed by atoms with Gasteiger partial charge in [-0.3, -0.25) is 9.69 Å². The first-order valence-electron chi connectivity index (χ1n) is 6.89. The highest BCUT2D eigenvalue weighted by atomic mass is 127. The lowest BCUT2D eigenvalue weighted by Crippen LogP contribution is -2.23. The molecule has 0 bridgehead atoms. The van der Waals surface area contributed by atoms with Gasteiger partial charge in [0.1, 0.15) is 5.76 Å². The van der Waals surface area contributed by atoms with Crippen LogP contribution in [0.15, 0.2) is 49.3 Å². The molecule has 9 heteroatoms. The van der Waals surface area contributed by atoms with Gasteiger partial charge >= 0.3 is 5.97 Å². The van der Waals surface area contributed by atoms with Crippen molar-refractivity contribution in [3.05, 3.63) is 54.8 Å². The first-order valence-corrected chi connectivity index (χ1v) is 9.58. The molecule has 0 saturated carbocycles. The van der Waals surface area contributed by atoms with Crippen molar-refractivity contribution in [1.29, 1.82) is 0 Å². The molecule has 0 spiro atoms. The number of benzene rings is 1. The van der Waals surface area contributed by atoms with Crippen molar-refractivity contribution in [2.75, 3.05) is 7.05 Å². The van der Waals surface area contributed by atoms with Gasteiger partial charge in [-0.1, -0.05) is 6.07 Å². The molecule has 1 amide bonds. The van der Waals surface area contributed by atoms with Crippen LogP contribution < -0.4 is 0 Å². The number of thioether (sulfide) groups is 1. The molecular weight excluding hydrogens is 523 g/mol. The van der Waals surface area contributed by atoms with E-state index >= 15 is 0 Å². The second kappa shape index (κ2) is 7.34. The number of aliphatic imine (C=N–C) groups is 1. The molecule has 1 aliphatic heterocycles. The third kappa shape index (κ3) is 3.98. The van der Waals surface area contributed by atoms with Crippen LogP contribution >= 0.6 is 50.3 Å². The minimum absolute atomic E-state index is 0.143. The number of furan rings is 1. The second-order valence-electron chi connectivity index (χ2n) is 5.00. The molecule has 6 nitrogen and oxygen atoms in total. The minimum Gasteiger partial charge on any atom is -0.478 e. The van der Waals surface area contributed by atoms with Crippen molar-refractivity contribution in [3.8, 4) is 0 Å². The third-order valence-corrected chi connectivity index (χ3v) is 6.45. The highest BCUT2D eigenvalue weighted by molar-refractivity contribution is 14.1. The number of carboxylic acids is 1. The van der Waals surface area contributed by atoms with Crippen molar-refractivity contribution in [1.82, 2.24) is 4.90 Å². The molecule has 1 fully saturated rings.